The van der Waals surface area contributed by atoms with Gasteiger partial charge in [0.05, 0.1) is 11.1 Å². The molecule has 0 fully saturated rings. The third kappa shape index (κ3) is 5.02. The van der Waals surface area contributed by atoms with Crippen molar-refractivity contribution in [1.82, 2.24) is 18.5 Å². The fraction of sp³-hybridized carbons (Fsp3) is 0. The van der Waals surface area contributed by atoms with Crippen molar-refractivity contribution in [2.24, 2.45) is 0 Å². The summed E-state index contributed by atoms with van der Waals surface area (Å²) in [5, 5.41) is 17.1. The smallest absolute Gasteiger partial charge is 0.336 e. The molecule has 0 spiro atoms. The van der Waals surface area contributed by atoms with Crippen molar-refractivity contribution in [3.8, 4) is 0 Å². The molecule has 0 atom stereocenters. The highest BCUT2D eigenvalue weighted by atomic mass is 16.4. The van der Waals surface area contributed by atoms with Gasteiger partial charge in [-0.15, -0.1) is 0 Å². The Morgan fingerprint density at radius 3 is 1.25 bits per heavy atom. The van der Waals surface area contributed by atoms with E-state index in [0.29, 0.717) is 0 Å². The number of carboxylic acids is 2. The first kappa shape index (κ1) is 23.7. The Balaban J connectivity index is -0.000000180. The molecule has 0 amide bonds. The monoisotopic (exact) mass is 235 g/mol. The summed E-state index contributed by atoms with van der Waals surface area (Å²) in [5.41, 5.74) is -0.380. The zero-order valence-corrected chi connectivity index (χ0v) is 8.64. The number of aromatic carboxylic acids is 2. The molecular weight excluding hydrogens is 218 g/mol. The van der Waals surface area contributed by atoms with Crippen molar-refractivity contribution < 1.29 is 25.3 Å². The van der Waals surface area contributed by atoms with Gasteiger partial charge < -0.3 is 34.1 Å². The van der Waals surface area contributed by atoms with Crippen molar-refractivity contribution in [3.63, 3.8) is 0 Å². The van der Waals surface area contributed by atoms with E-state index in [1.165, 1.54) is 24.3 Å². The number of carbonyl (C=O) groups is 2. The average Bonchev–Trinajstić information content (AvgIpc) is 2.04. The van der Waals surface area contributed by atoms with Gasteiger partial charge in [0.2, 0.25) is 0 Å². The first-order chi connectivity index (χ1) is 5.63. The van der Waals surface area contributed by atoms with Crippen LogP contribution in [0.25, 0.3) is 0 Å². The minimum absolute atomic E-state index is 0. The van der Waals surface area contributed by atoms with E-state index >= 15 is 0 Å². The third-order valence-electron chi connectivity index (χ3n) is 1.39. The van der Waals surface area contributed by atoms with Crippen LogP contribution < -0.4 is 18.5 Å². The van der Waals surface area contributed by atoms with Gasteiger partial charge in [0.25, 0.3) is 0 Å². The molecule has 0 aromatic heterocycles. The summed E-state index contributed by atoms with van der Waals surface area (Å²) in [6.07, 6.45) is 0. The standard InChI is InChI=1S/C8H6O4.3H3N.H2O/c9-7(10)5-3-1-2-4-6(5)8(11)12;;;;/h1-4H,(H,9,10)(H,11,12);3*1H3;1H2. The number of hydrogen-bond donors (Lipinski definition) is 5. The SMILES string of the molecule is N.N.N.O.O=C(O)c1ccccc1C(=O)O. The number of rotatable bonds is 2. The van der Waals surface area contributed by atoms with Crippen molar-refractivity contribution in [2.75, 3.05) is 0 Å². The second-order valence-corrected chi connectivity index (χ2v) is 2.16. The normalized spacial score (nSPS) is 7.00. The highest BCUT2D eigenvalue weighted by Gasteiger charge is 2.13. The topological polar surface area (TPSA) is 211 Å². The highest BCUT2D eigenvalue weighted by molar-refractivity contribution is 6.01. The van der Waals surface area contributed by atoms with E-state index in [1.54, 1.807) is 0 Å². The van der Waals surface area contributed by atoms with Gasteiger partial charge >= 0.3 is 11.9 Å². The average molecular weight is 235 g/mol. The molecule has 0 aliphatic heterocycles. The summed E-state index contributed by atoms with van der Waals surface area (Å²) in [6, 6.07) is 5.48. The van der Waals surface area contributed by atoms with E-state index in [9.17, 15) is 9.59 Å². The number of hydrogen-bond acceptors (Lipinski definition) is 5. The second kappa shape index (κ2) is 9.55. The van der Waals surface area contributed by atoms with Crippen LogP contribution >= 0.6 is 0 Å². The Morgan fingerprint density at radius 1 is 0.812 bits per heavy atom. The first-order valence-electron chi connectivity index (χ1n) is 3.18. The Labute approximate surface area is 92.0 Å². The van der Waals surface area contributed by atoms with Crippen LogP contribution in [0, 0.1) is 0 Å². The molecule has 16 heavy (non-hydrogen) atoms. The molecule has 0 saturated carbocycles. The maximum Gasteiger partial charge on any atom is 0.336 e. The van der Waals surface area contributed by atoms with Gasteiger partial charge in [0, 0.05) is 0 Å². The molecule has 0 unspecified atom stereocenters. The van der Waals surface area contributed by atoms with E-state index in [0.717, 1.165) is 0 Å². The molecule has 0 heterocycles. The van der Waals surface area contributed by atoms with Crippen LogP contribution in [0.3, 0.4) is 0 Å². The van der Waals surface area contributed by atoms with E-state index in [2.05, 4.69) is 0 Å². The predicted molar refractivity (Wildman–Crippen MR) is 59.0 cm³/mol. The Morgan fingerprint density at radius 2 is 1.06 bits per heavy atom. The maximum absolute atomic E-state index is 10.5. The molecular formula is C8H17N3O5. The summed E-state index contributed by atoms with van der Waals surface area (Å²) in [4.78, 5) is 20.9. The molecule has 0 bridgehead atoms. The van der Waals surface area contributed by atoms with Gasteiger partial charge in [-0.05, 0) is 12.1 Å². The van der Waals surface area contributed by atoms with Gasteiger partial charge in [-0.1, -0.05) is 12.1 Å². The molecule has 1 aromatic rings. The van der Waals surface area contributed by atoms with Crippen LogP contribution in [-0.4, -0.2) is 27.6 Å². The predicted octanol–water partition coefficient (Wildman–Crippen LogP) is 0.744. The van der Waals surface area contributed by atoms with Crippen LogP contribution in [0.5, 0.6) is 0 Å². The number of carboxylic acid groups (broad SMARTS) is 2. The minimum atomic E-state index is -1.23. The van der Waals surface area contributed by atoms with Crippen molar-refractivity contribution in [3.05, 3.63) is 35.4 Å². The quantitative estimate of drug-likeness (QED) is 0.495. The molecule has 0 saturated heterocycles. The lowest BCUT2D eigenvalue weighted by atomic mass is 10.1. The zero-order chi connectivity index (χ0) is 9.14. The van der Waals surface area contributed by atoms with Crippen LogP contribution in [0.15, 0.2) is 24.3 Å². The summed E-state index contributed by atoms with van der Waals surface area (Å²) in [6.45, 7) is 0. The van der Waals surface area contributed by atoms with Gasteiger partial charge in [0.1, 0.15) is 0 Å². The number of benzene rings is 1. The van der Waals surface area contributed by atoms with Crippen molar-refractivity contribution >= 4 is 11.9 Å². The third-order valence-corrected chi connectivity index (χ3v) is 1.39. The largest absolute Gasteiger partial charge is 0.478 e. The van der Waals surface area contributed by atoms with Crippen LogP contribution in [-0.2, 0) is 0 Å². The van der Waals surface area contributed by atoms with Gasteiger partial charge in [-0.3, -0.25) is 0 Å². The summed E-state index contributed by atoms with van der Waals surface area (Å²) < 4.78 is 0. The minimum Gasteiger partial charge on any atom is -0.478 e. The fourth-order valence-corrected chi connectivity index (χ4v) is 0.856. The van der Waals surface area contributed by atoms with Crippen molar-refractivity contribution in [1.29, 1.82) is 0 Å². The second-order valence-electron chi connectivity index (χ2n) is 2.16. The fourth-order valence-electron chi connectivity index (χ4n) is 0.856. The lowest BCUT2D eigenvalue weighted by Crippen LogP contribution is -2.06. The maximum atomic E-state index is 10.5. The van der Waals surface area contributed by atoms with E-state index in [4.69, 9.17) is 10.2 Å². The summed E-state index contributed by atoms with van der Waals surface area (Å²) >= 11 is 0. The van der Waals surface area contributed by atoms with E-state index < -0.39 is 11.9 Å². The molecule has 0 aliphatic rings. The molecule has 0 radical (unpaired) electrons. The van der Waals surface area contributed by atoms with Crippen LogP contribution in [0.2, 0.25) is 0 Å². The Hall–Kier alpha value is -2.00. The summed E-state index contributed by atoms with van der Waals surface area (Å²) in [7, 11) is 0. The van der Waals surface area contributed by atoms with Gasteiger partial charge in [-0.2, -0.15) is 0 Å². The van der Waals surface area contributed by atoms with E-state index in [1.807, 2.05) is 0 Å². The van der Waals surface area contributed by atoms with E-state index in [-0.39, 0.29) is 35.1 Å². The molecule has 8 nitrogen and oxygen atoms in total. The molecule has 1 aromatic carbocycles. The molecule has 94 valence electrons. The molecule has 8 heteroatoms. The highest BCUT2D eigenvalue weighted by Crippen LogP contribution is 2.07. The molecule has 1 rings (SSSR count). The lowest BCUT2D eigenvalue weighted by Gasteiger charge is -1.98. The lowest BCUT2D eigenvalue weighted by molar-refractivity contribution is 0.0651. The first-order valence-corrected chi connectivity index (χ1v) is 3.18. The van der Waals surface area contributed by atoms with Crippen LogP contribution in [0.1, 0.15) is 20.7 Å². The Kier molecular flexibility index (Phi) is 14.1. The van der Waals surface area contributed by atoms with Crippen molar-refractivity contribution in [2.45, 2.75) is 0 Å². The Bertz CT molecular complexity index is 309. The molecule has 13 N–H and O–H groups in total. The molecule has 0 aliphatic carbocycles. The van der Waals surface area contributed by atoms with Crippen LogP contribution in [0.4, 0.5) is 0 Å². The van der Waals surface area contributed by atoms with Gasteiger partial charge in [-0.25, -0.2) is 9.59 Å². The summed E-state index contributed by atoms with van der Waals surface area (Å²) in [5.74, 6) is -2.46. The van der Waals surface area contributed by atoms with Gasteiger partial charge in [0.15, 0.2) is 0 Å². The zero-order valence-electron chi connectivity index (χ0n) is 8.64.